The van der Waals surface area contributed by atoms with E-state index in [0.29, 0.717) is 60.5 Å². The van der Waals surface area contributed by atoms with Gasteiger partial charge in [0.1, 0.15) is 204 Å². The summed E-state index contributed by atoms with van der Waals surface area (Å²) < 4.78 is 3.57. The van der Waals surface area contributed by atoms with Crippen LogP contribution in [0.5, 0.6) is 0 Å². The molecule has 0 N–H and O–H groups in total. The van der Waals surface area contributed by atoms with Gasteiger partial charge in [0.2, 0.25) is 0 Å². The maximum atomic E-state index is 7.53. The van der Waals surface area contributed by atoms with Crippen molar-refractivity contribution in [2.75, 3.05) is 0 Å². The van der Waals surface area contributed by atoms with Gasteiger partial charge in [-0.25, -0.2) is 0 Å². The van der Waals surface area contributed by atoms with Crippen LogP contribution in [0.25, 0.3) is 99.5 Å². The van der Waals surface area contributed by atoms with Gasteiger partial charge >= 0.3 is 0 Å². The van der Waals surface area contributed by atoms with Crippen molar-refractivity contribution in [1.82, 2.24) is 9.13 Å². The zero-order valence-electron chi connectivity index (χ0n) is 43.7. The molecule has 0 fully saturated rings. The molecule has 9 aromatic carbocycles. The lowest BCUT2D eigenvalue weighted by Crippen LogP contribution is -2.55. The van der Waals surface area contributed by atoms with Crippen LogP contribution in [0.15, 0.2) is 60.7 Å². The van der Waals surface area contributed by atoms with Gasteiger partial charge in [0.05, 0.1) is 5.52 Å². The van der Waals surface area contributed by atoms with Crippen LogP contribution in [-0.2, 0) is 0 Å². The van der Waals surface area contributed by atoms with Gasteiger partial charge in [-0.15, -0.1) is 76.5 Å². The fourth-order valence-corrected chi connectivity index (χ4v) is 11.4. The van der Waals surface area contributed by atoms with Gasteiger partial charge in [-0.2, -0.15) is 0 Å². The van der Waals surface area contributed by atoms with Crippen molar-refractivity contribution in [2.24, 2.45) is 0 Å². The van der Waals surface area contributed by atoms with E-state index in [0.717, 1.165) is 0 Å². The molecule has 0 atom stereocenters. The maximum absolute atomic E-state index is 7.53. The van der Waals surface area contributed by atoms with Crippen molar-refractivity contribution >= 4 is 390 Å². The second-order valence-electron chi connectivity index (χ2n) is 20.2. The normalized spacial score (nSPS) is 11.7. The van der Waals surface area contributed by atoms with E-state index in [9.17, 15) is 0 Å². The lowest BCUT2D eigenvalue weighted by atomic mass is 9.59. The minimum atomic E-state index is -0.0508. The summed E-state index contributed by atoms with van der Waals surface area (Å²) >= 11 is 0. The average Bonchev–Trinajstić information content (AvgIpc) is 3.65. The van der Waals surface area contributed by atoms with Crippen molar-refractivity contribution in [3.63, 3.8) is 0 Å². The second-order valence-corrected chi connectivity index (χ2v) is 20.2. The van der Waals surface area contributed by atoms with Gasteiger partial charge in [0.15, 0.2) is 0 Å². The molecule has 0 aliphatic heterocycles. The Balaban J connectivity index is 1.36. The fraction of sp³-hybridized carbons (Fsp3) is 0. The summed E-state index contributed by atoms with van der Waals surface area (Å²) in [5.41, 5.74) is 3.92. The summed E-state index contributed by atoms with van der Waals surface area (Å²) in [5.74, 6) is 0. The highest BCUT2D eigenvalue weighted by atomic mass is 15.0. The van der Waals surface area contributed by atoms with Gasteiger partial charge in [-0.05, 0) is 87.0 Å². The number of fused-ring (bicyclic) bond motifs is 7. The Kier molecular flexibility index (Phi) is 14.5. The highest BCUT2D eigenvalue weighted by molar-refractivity contribution is 6.74. The highest BCUT2D eigenvalue weighted by Gasteiger charge is 2.29. The standard InChI is InChI=1S/C54H10B26N2/c55-26-19(27(56)36(65)44(73)35(26)64)11-5-12(20-28(57)37(66)45(74)38(67)29(20)58)8-15(7-11)81-18-4-2-1-3-17(18)23-24-25-34(63)43(72)48(77)49(78)54(25)82(53(24)51(80)50(79)52(23)81)16-9-13(21-30(59)39(68)46(75)40(69)31(21)60)6-14(10-16)22-32(61)41(70)47(76)42(71)33(22)62/h1-10H. The molecular formula is C54H10B26N2. The molecule has 11 rings (SSSR count). The van der Waals surface area contributed by atoms with Crippen molar-refractivity contribution in [1.29, 1.82) is 0 Å². The molecule has 11 aromatic rings. The zero-order valence-corrected chi connectivity index (χ0v) is 43.7. The molecule has 2 aromatic heterocycles. The number of para-hydroxylation sites is 1. The molecule has 2 heterocycles. The van der Waals surface area contributed by atoms with E-state index in [1.807, 2.05) is 28.8 Å². The SMILES string of the molecule is [B]c1c([B])c([B])c(-c2cc(-c3c([B])c([B])c([B])c([B])c3[B])cc(-n3c4ccccc4c4c5c6c([B])c([B])c([B])c([B])c6n(-c6cc(-c7c([B])c([B])c([B])c([B])c7[B])cc(-c7c([B])c([B])c([B])c([B])c7[B])c6)c5c([B])c([B])c43)c2)c([B])c1[B]. The molecule has 82 heavy (non-hydrogen) atoms. The van der Waals surface area contributed by atoms with Crippen LogP contribution in [0, 0.1) is 0 Å². The lowest BCUT2D eigenvalue weighted by Gasteiger charge is -2.25. The number of benzene rings is 9. The van der Waals surface area contributed by atoms with Crippen LogP contribution >= 0.6 is 0 Å². The van der Waals surface area contributed by atoms with Crippen LogP contribution in [0.3, 0.4) is 0 Å². The molecule has 0 saturated carbocycles. The van der Waals surface area contributed by atoms with Crippen LogP contribution in [-0.4, -0.2) is 213 Å². The van der Waals surface area contributed by atoms with E-state index in [2.05, 4.69) is 0 Å². The third-order valence-corrected chi connectivity index (χ3v) is 15.8. The summed E-state index contributed by atoms with van der Waals surface area (Å²) in [6, 6.07) is 17.7. The molecule has 0 aliphatic carbocycles. The molecule has 0 aliphatic rings. The Morgan fingerprint density at radius 1 is 0.207 bits per heavy atom. The van der Waals surface area contributed by atoms with E-state index in [-0.39, 0.29) is 181 Å². The van der Waals surface area contributed by atoms with E-state index >= 15 is 0 Å². The van der Waals surface area contributed by atoms with E-state index in [1.165, 1.54) is 0 Å². The topological polar surface area (TPSA) is 9.86 Å². The van der Waals surface area contributed by atoms with Crippen molar-refractivity contribution in [3.8, 4) is 55.9 Å². The first-order valence-electron chi connectivity index (χ1n) is 24.6. The largest absolute Gasteiger partial charge is 0.310 e. The van der Waals surface area contributed by atoms with Gasteiger partial charge in [-0.1, -0.05) is 83.8 Å². The Hall–Kier alpha value is -5.73. The Bertz CT molecular complexity index is 4480. The van der Waals surface area contributed by atoms with E-state index < -0.39 is 0 Å². The smallest absolute Gasteiger partial charge is 0.116 e. The molecule has 28 heteroatoms. The average molecular weight is 968 g/mol. The Morgan fingerprint density at radius 3 is 0.793 bits per heavy atom. The molecule has 2 nitrogen and oxygen atoms in total. The Labute approximate surface area is 511 Å². The summed E-state index contributed by atoms with van der Waals surface area (Å²) in [7, 11) is 174. The third-order valence-electron chi connectivity index (χ3n) is 15.8. The fourth-order valence-electron chi connectivity index (χ4n) is 11.4. The minimum absolute atomic E-state index is 0.00201. The predicted octanol–water partition coefficient (Wildman–Crippen LogP) is -16.8. The van der Waals surface area contributed by atoms with Gasteiger partial charge in [-0.3, -0.25) is 0 Å². The van der Waals surface area contributed by atoms with Crippen LogP contribution in [0.2, 0.25) is 0 Å². The van der Waals surface area contributed by atoms with Crippen molar-refractivity contribution < 1.29 is 0 Å². The van der Waals surface area contributed by atoms with Crippen LogP contribution in [0.1, 0.15) is 0 Å². The number of nitrogens with zero attached hydrogens (tertiary/aromatic N) is 2. The number of aromatic nitrogens is 2. The van der Waals surface area contributed by atoms with E-state index in [4.69, 9.17) is 204 Å². The number of hydrogen-bond acceptors (Lipinski definition) is 0. The Morgan fingerprint density at radius 2 is 0.451 bits per heavy atom. The van der Waals surface area contributed by atoms with Gasteiger partial charge in [0, 0.05) is 49.5 Å². The van der Waals surface area contributed by atoms with Crippen molar-refractivity contribution in [2.45, 2.75) is 0 Å². The molecule has 52 radical (unpaired) electrons. The van der Waals surface area contributed by atoms with Crippen LogP contribution in [0.4, 0.5) is 0 Å². The molecular weight excluding hydrogens is 958 g/mol. The van der Waals surface area contributed by atoms with Crippen LogP contribution < -0.4 is 142 Å². The lowest BCUT2D eigenvalue weighted by molar-refractivity contribution is 1.18. The number of hydrogen-bond donors (Lipinski definition) is 0. The molecule has 314 valence electrons. The molecule has 0 amide bonds. The van der Waals surface area contributed by atoms with Crippen molar-refractivity contribution in [3.05, 3.63) is 60.7 Å². The molecule has 0 bridgehead atoms. The summed E-state index contributed by atoms with van der Waals surface area (Å²) in [6.45, 7) is 0. The summed E-state index contributed by atoms with van der Waals surface area (Å²) in [4.78, 5) is 0. The first-order chi connectivity index (χ1) is 38.6. The summed E-state index contributed by atoms with van der Waals surface area (Å²) in [5, 5.41) is 1.83. The first-order valence-corrected chi connectivity index (χ1v) is 24.6. The highest BCUT2D eigenvalue weighted by Crippen LogP contribution is 2.42. The predicted molar refractivity (Wildman–Crippen MR) is 377 cm³/mol. The maximum Gasteiger partial charge on any atom is 0.116 e. The quantitative estimate of drug-likeness (QED) is 0.147. The monoisotopic (exact) mass is 972 g/mol. The number of rotatable bonds is 6. The molecule has 0 spiro atoms. The zero-order chi connectivity index (χ0) is 59.6. The second kappa shape index (κ2) is 20.5. The third kappa shape index (κ3) is 8.14. The van der Waals surface area contributed by atoms with E-state index in [1.54, 1.807) is 41.0 Å². The van der Waals surface area contributed by atoms with Gasteiger partial charge in [0.25, 0.3) is 0 Å². The van der Waals surface area contributed by atoms with Gasteiger partial charge < -0.3 is 9.13 Å². The molecule has 0 saturated heterocycles. The minimum Gasteiger partial charge on any atom is -0.310 e. The summed E-state index contributed by atoms with van der Waals surface area (Å²) in [6.07, 6.45) is 0. The first kappa shape index (κ1) is 58.1. The molecule has 0 unspecified atom stereocenters.